The number of hydrogen-bond acceptors (Lipinski definition) is 3. The molecule has 0 aromatic carbocycles. The van der Waals surface area contributed by atoms with Crippen LogP contribution in [-0.2, 0) is 13.1 Å². The third kappa shape index (κ3) is 4.89. The molecule has 1 rings (SSSR count). The molecule has 92 valence electrons. The number of aryl methyl sites for hydroxylation is 1. The number of alkyl halides is 3. The van der Waals surface area contributed by atoms with Crippen molar-refractivity contribution in [1.82, 2.24) is 14.9 Å². The predicted octanol–water partition coefficient (Wildman–Crippen LogP) is 2.25. The minimum absolute atomic E-state index is 0.00421. The van der Waals surface area contributed by atoms with Crippen LogP contribution in [0.4, 0.5) is 13.2 Å². The maximum Gasteiger partial charge on any atom is 0.441 e. The van der Waals surface area contributed by atoms with Gasteiger partial charge >= 0.3 is 5.51 Å². The Morgan fingerprint density at radius 2 is 2.25 bits per heavy atom. The highest BCUT2D eigenvalue weighted by atomic mass is 32.2. The number of rotatable bonds is 6. The van der Waals surface area contributed by atoms with Crippen LogP contribution in [0.2, 0.25) is 0 Å². The maximum atomic E-state index is 11.8. The molecule has 3 nitrogen and oxygen atoms in total. The summed E-state index contributed by atoms with van der Waals surface area (Å²) in [6.07, 6.45) is 3.43. The molecule has 0 saturated carbocycles. The van der Waals surface area contributed by atoms with Gasteiger partial charge in [0.2, 0.25) is 0 Å². The minimum Gasteiger partial charge on any atom is -0.334 e. The molecule has 0 fully saturated rings. The number of hydrogen-bond donors (Lipinski definition) is 1. The number of thioether (sulfide) groups is 1. The van der Waals surface area contributed by atoms with Gasteiger partial charge in [-0.1, -0.05) is 0 Å². The Labute approximate surface area is 96.4 Å². The molecule has 0 bridgehead atoms. The van der Waals surface area contributed by atoms with Gasteiger partial charge in [-0.25, -0.2) is 4.98 Å². The van der Waals surface area contributed by atoms with Crippen LogP contribution in [-0.4, -0.2) is 27.4 Å². The van der Waals surface area contributed by atoms with E-state index in [1.165, 1.54) is 0 Å². The predicted molar refractivity (Wildman–Crippen MR) is 58.1 cm³/mol. The number of imidazole rings is 1. The molecule has 1 N–H and O–H groups in total. The smallest absolute Gasteiger partial charge is 0.334 e. The molecular weight excluding hydrogens is 239 g/mol. The zero-order chi connectivity index (χ0) is 12.0. The fourth-order valence-electron chi connectivity index (χ4n) is 1.24. The van der Waals surface area contributed by atoms with E-state index in [9.17, 15) is 13.2 Å². The summed E-state index contributed by atoms with van der Waals surface area (Å²) >= 11 is -0.00421. The van der Waals surface area contributed by atoms with Crippen molar-refractivity contribution < 1.29 is 13.2 Å². The topological polar surface area (TPSA) is 29.9 Å². The van der Waals surface area contributed by atoms with Crippen LogP contribution in [0.25, 0.3) is 0 Å². The van der Waals surface area contributed by atoms with Crippen LogP contribution >= 0.6 is 11.8 Å². The Morgan fingerprint density at radius 1 is 1.50 bits per heavy atom. The molecule has 0 amide bonds. The Hall–Kier alpha value is -0.690. The van der Waals surface area contributed by atoms with Gasteiger partial charge in [-0.3, -0.25) is 0 Å². The summed E-state index contributed by atoms with van der Waals surface area (Å²) in [5.41, 5.74) is -3.15. The Kier molecular flexibility index (Phi) is 5.14. The molecule has 1 aromatic heterocycles. The van der Waals surface area contributed by atoms with Gasteiger partial charge in [-0.15, -0.1) is 0 Å². The zero-order valence-electron chi connectivity index (χ0n) is 8.92. The van der Waals surface area contributed by atoms with Crippen molar-refractivity contribution in [2.75, 3.05) is 12.3 Å². The van der Waals surface area contributed by atoms with Gasteiger partial charge in [-0.2, -0.15) is 13.2 Å². The van der Waals surface area contributed by atoms with Crippen LogP contribution in [0.5, 0.6) is 0 Å². The monoisotopic (exact) mass is 253 g/mol. The summed E-state index contributed by atoms with van der Waals surface area (Å²) in [5.74, 6) is 0.0315. The average molecular weight is 253 g/mol. The van der Waals surface area contributed by atoms with E-state index < -0.39 is 5.51 Å². The van der Waals surface area contributed by atoms with Gasteiger partial charge in [0, 0.05) is 31.6 Å². The highest BCUT2D eigenvalue weighted by Gasteiger charge is 2.27. The molecule has 1 aromatic rings. The largest absolute Gasteiger partial charge is 0.441 e. The second kappa shape index (κ2) is 6.15. The average Bonchev–Trinajstić information content (AvgIpc) is 2.63. The lowest BCUT2D eigenvalue weighted by Crippen LogP contribution is -2.20. The number of nitrogens with zero attached hydrogens (tertiary/aromatic N) is 2. The van der Waals surface area contributed by atoms with Gasteiger partial charge in [0.1, 0.15) is 0 Å². The van der Waals surface area contributed by atoms with Crippen LogP contribution in [0.1, 0.15) is 12.6 Å². The van der Waals surface area contributed by atoms with Gasteiger partial charge in [0.05, 0.1) is 12.0 Å². The fraction of sp³-hybridized carbons (Fsp3) is 0.667. The summed E-state index contributed by atoms with van der Waals surface area (Å²) in [4.78, 5) is 3.97. The molecule has 0 saturated heterocycles. The van der Waals surface area contributed by atoms with E-state index in [1.54, 1.807) is 12.5 Å². The fourth-order valence-corrected chi connectivity index (χ4v) is 1.71. The van der Waals surface area contributed by atoms with Crippen molar-refractivity contribution in [2.24, 2.45) is 0 Å². The Morgan fingerprint density at radius 3 is 2.88 bits per heavy atom. The number of halogens is 3. The molecule has 16 heavy (non-hydrogen) atoms. The maximum absolute atomic E-state index is 11.8. The molecule has 0 radical (unpaired) electrons. The standard InChI is InChI=1S/C9H14F3N3S/c1-2-15-7-14-6-8(15)5-13-3-4-16-9(10,11)12/h6-7,13H,2-5H2,1H3. The van der Waals surface area contributed by atoms with E-state index in [0.29, 0.717) is 13.1 Å². The van der Waals surface area contributed by atoms with Crippen molar-refractivity contribution in [3.63, 3.8) is 0 Å². The van der Waals surface area contributed by atoms with Crippen LogP contribution in [0, 0.1) is 0 Å². The van der Waals surface area contributed by atoms with E-state index in [1.807, 2.05) is 11.5 Å². The quantitative estimate of drug-likeness (QED) is 0.789. The molecule has 0 atom stereocenters. The number of nitrogens with one attached hydrogen (secondary N) is 1. The lowest BCUT2D eigenvalue weighted by Gasteiger charge is -2.08. The van der Waals surface area contributed by atoms with E-state index in [2.05, 4.69) is 10.3 Å². The molecule has 7 heteroatoms. The SMILES string of the molecule is CCn1cncc1CNCCSC(F)(F)F. The zero-order valence-corrected chi connectivity index (χ0v) is 9.74. The van der Waals surface area contributed by atoms with Gasteiger partial charge in [-0.05, 0) is 18.7 Å². The van der Waals surface area contributed by atoms with Crippen molar-refractivity contribution in [1.29, 1.82) is 0 Å². The van der Waals surface area contributed by atoms with Gasteiger partial charge in [0.25, 0.3) is 0 Å². The lowest BCUT2D eigenvalue weighted by molar-refractivity contribution is -0.0327. The van der Waals surface area contributed by atoms with E-state index in [4.69, 9.17) is 0 Å². The van der Waals surface area contributed by atoms with Crippen LogP contribution < -0.4 is 5.32 Å². The normalized spacial score (nSPS) is 12.0. The first-order chi connectivity index (χ1) is 7.53. The van der Waals surface area contributed by atoms with Gasteiger partial charge in [0.15, 0.2) is 0 Å². The summed E-state index contributed by atoms with van der Waals surface area (Å²) in [5, 5.41) is 2.95. The second-order valence-electron chi connectivity index (χ2n) is 3.14. The number of aromatic nitrogens is 2. The summed E-state index contributed by atoms with van der Waals surface area (Å²) in [6.45, 7) is 3.68. The first-order valence-electron chi connectivity index (χ1n) is 4.93. The highest BCUT2D eigenvalue weighted by Crippen LogP contribution is 2.29. The first-order valence-corrected chi connectivity index (χ1v) is 5.92. The van der Waals surface area contributed by atoms with Crippen molar-refractivity contribution >= 4 is 11.8 Å². The molecule has 0 spiro atoms. The third-order valence-corrected chi connectivity index (χ3v) is 2.73. The minimum atomic E-state index is -4.13. The van der Waals surface area contributed by atoms with Crippen molar-refractivity contribution in [2.45, 2.75) is 25.5 Å². The first kappa shape index (κ1) is 13.4. The van der Waals surface area contributed by atoms with Crippen LogP contribution in [0.15, 0.2) is 12.5 Å². The van der Waals surface area contributed by atoms with Crippen molar-refractivity contribution in [3.8, 4) is 0 Å². The third-order valence-electron chi connectivity index (χ3n) is 1.99. The lowest BCUT2D eigenvalue weighted by atomic mass is 10.4. The van der Waals surface area contributed by atoms with E-state index in [-0.39, 0.29) is 17.5 Å². The summed E-state index contributed by atoms with van der Waals surface area (Å²) < 4.78 is 37.3. The molecule has 1 heterocycles. The van der Waals surface area contributed by atoms with E-state index >= 15 is 0 Å². The second-order valence-corrected chi connectivity index (χ2v) is 4.30. The molecular formula is C9H14F3N3S. The highest BCUT2D eigenvalue weighted by molar-refractivity contribution is 8.00. The molecule has 0 aliphatic heterocycles. The molecule has 0 unspecified atom stereocenters. The molecule has 0 aliphatic rings. The van der Waals surface area contributed by atoms with Gasteiger partial charge < -0.3 is 9.88 Å². The van der Waals surface area contributed by atoms with Crippen molar-refractivity contribution in [3.05, 3.63) is 18.2 Å². The Balaban J connectivity index is 2.16. The van der Waals surface area contributed by atoms with E-state index in [0.717, 1.165) is 12.2 Å². The summed E-state index contributed by atoms with van der Waals surface area (Å²) in [7, 11) is 0. The van der Waals surface area contributed by atoms with Crippen LogP contribution in [0.3, 0.4) is 0 Å². The molecule has 0 aliphatic carbocycles. The summed E-state index contributed by atoms with van der Waals surface area (Å²) in [6, 6.07) is 0. The Bertz CT molecular complexity index is 311.